The molecule has 2 N–H and O–H groups in total. The summed E-state index contributed by atoms with van der Waals surface area (Å²) in [5.41, 5.74) is 1.42. The van der Waals surface area contributed by atoms with Crippen LogP contribution in [0.15, 0.2) is 30.3 Å². The fourth-order valence-corrected chi connectivity index (χ4v) is 3.77. The zero-order valence-corrected chi connectivity index (χ0v) is 17.4. The molecule has 1 saturated heterocycles. The van der Waals surface area contributed by atoms with E-state index in [0.29, 0.717) is 12.0 Å². The minimum Gasteiger partial charge on any atom is -0.363 e. The predicted molar refractivity (Wildman–Crippen MR) is 106 cm³/mol. The quantitative estimate of drug-likeness (QED) is 0.527. The molecule has 10 heteroatoms. The summed E-state index contributed by atoms with van der Waals surface area (Å²) in [4.78, 5) is 13.6. The number of nitrogens with zero attached hydrogens (tertiary/aromatic N) is 3. The van der Waals surface area contributed by atoms with Gasteiger partial charge in [-0.05, 0) is 41.2 Å². The fraction of sp³-hybridized carbons (Fsp3) is 0.500. The highest BCUT2D eigenvalue weighted by atomic mass is 19.4. The van der Waals surface area contributed by atoms with Crippen LogP contribution in [0.3, 0.4) is 0 Å². The first-order chi connectivity index (χ1) is 13.8. The first-order valence-corrected chi connectivity index (χ1v) is 9.45. The monoisotopic (exact) mass is 427 g/mol. The van der Waals surface area contributed by atoms with E-state index < -0.39 is 18.1 Å². The van der Waals surface area contributed by atoms with Gasteiger partial charge in [-0.3, -0.25) is 4.90 Å². The summed E-state index contributed by atoms with van der Waals surface area (Å²) in [5.74, 6) is -1.44. The number of nitrogens with one attached hydrogen (secondary N) is 2. The van der Waals surface area contributed by atoms with Crippen molar-refractivity contribution < 1.29 is 22.4 Å². The van der Waals surface area contributed by atoms with Gasteiger partial charge in [0.05, 0.1) is 0 Å². The maximum Gasteiger partial charge on any atom is 0.543 e. The molecular formula is C20H25F4N5O. The number of hydrogen-bond donors (Lipinski definition) is 2. The van der Waals surface area contributed by atoms with Crippen molar-refractivity contribution in [3.8, 4) is 11.3 Å². The molecule has 1 aromatic heterocycles. The van der Waals surface area contributed by atoms with Crippen LogP contribution in [-0.2, 0) is 4.84 Å². The average Bonchev–Trinajstić information content (AvgIpc) is 2.81. The van der Waals surface area contributed by atoms with E-state index in [-0.39, 0.29) is 28.6 Å². The largest absolute Gasteiger partial charge is 0.543 e. The number of rotatable bonds is 5. The van der Waals surface area contributed by atoms with Crippen molar-refractivity contribution in [3.05, 3.63) is 36.1 Å². The van der Waals surface area contributed by atoms with Gasteiger partial charge in [-0.15, -0.1) is 13.2 Å². The molecule has 0 aliphatic carbocycles. The van der Waals surface area contributed by atoms with Crippen molar-refractivity contribution in [3.63, 3.8) is 0 Å². The van der Waals surface area contributed by atoms with Gasteiger partial charge in [-0.2, -0.15) is 9.82 Å². The van der Waals surface area contributed by atoms with Crippen LogP contribution in [0.25, 0.3) is 11.3 Å². The Morgan fingerprint density at radius 1 is 1.10 bits per heavy atom. The third-order valence-corrected chi connectivity index (χ3v) is 5.80. The SMILES string of the molecule is CN1C(C)(C)CC(Nc2nc(NOC(F)(F)F)nc(-c3ccccc3)c2F)C1(C)C. The third-order valence-electron chi connectivity index (χ3n) is 5.80. The summed E-state index contributed by atoms with van der Waals surface area (Å²) < 4.78 is 52.7. The topological polar surface area (TPSA) is 62.3 Å². The molecule has 0 radical (unpaired) electrons. The van der Waals surface area contributed by atoms with Crippen molar-refractivity contribution >= 4 is 11.8 Å². The molecule has 0 spiro atoms. The van der Waals surface area contributed by atoms with Crippen LogP contribution in [0.5, 0.6) is 0 Å². The van der Waals surface area contributed by atoms with Gasteiger partial charge in [0.15, 0.2) is 11.6 Å². The second kappa shape index (κ2) is 7.66. The first-order valence-electron chi connectivity index (χ1n) is 9.45. The van der Waals surface area contributed by atoms with E-state index in [9.17, 15) is 13.2 Å². The Morgan fingerprint density at radius 3 is 2.27 bits per heavy atom. The minimum atomic E-state index is -4.95. The van der Waals surface area contributed by atoms with Gasteiger partial charge in [-0.1, -0.05) is 30.3 Å². The van der Waals surface area contributed by atoms with Gasteiger partial charge in [0.1, 0.15) is 5.69 Å². The third kappa shape index (κ3) is 4.49. The van der Waals surface area contributed by atoms with E-state index in [1.54, 1.807) is 35.8 Å². The van der Waals surface area contributed by atoms with Crippen molar-refractivity contribution in [2.24, 2.45) is 0 Å². The molecule has 0 amide bonds. The van der Waals surface area contributed by atoms with E-state index in [2.05, 4.69) is 38.9 Å². The lowest BCUT2D eigenvalue weighted by molar-refractivity contribution is -0.312. The second-order valence-electron chi connectivity index (χ2n) is 8.50. The summed E-state index contributed by atoms with van der Waals surface area (Å²) in [7, 11) is 1.98. The van der Waals surface area contributed by atoms with Crippen LogP contribution >= 0.6 is 0 Å². The summed E-state index contributed by atoms with van der Waals surface area (Å²) in [6.45, 7) is 8.18. The lowest BCUT2D eigenvalue weighted by atomic mass is 9.94. The highest BCUT2D eigenvalue weighted by Gasteiger charge is 2.49. The van der Waals surface area contributed by atoms with Crippen LogP contribution in [0.4, 0.5) is 29.3 Å². The van der Waals surface area contributed by atoms with E-state index in [0.717, 1.165) is 0 Å². The summed E-state index contributed by atoms with van der Waals surface area (Å²) in [6.07, 6.45) is -4.26. The second-order valence-corrected chi connectivity index (χ2v) is 8.50. The van der Waals surface area contributed by atoms with E-state index in [1.807, 2.05) is 20.9 Å². The van der Waals surface area contributed by atoms with Crippen LogP contribution in [0.1, 0.15) is 34.1 Å². The number of likely N-dealkylation sites (tertiary alicyclic amines) is 1. The molecule has 1 aliphatic heterocycles. The van der Waals surface area contributed by atoms with Gasteiger partial charge < -0.3 is 5.32 Å². The molecule has 1 atom stereocenters. The molecule has 0 bridgehead atoms. The number of benzene rings is 1. The first kappa shape index (κ1) is 22.2. The van der Waals surface area contributed by atoms with E-state index >= 15 is 4.39 Å². The standard InChI is InChI=1S/C20H25F4N5O/c1-18(2)11-13(19(3,4)29(18)5)25-16-14(21)15(12-9-7-6-8-10-12)26-17(27-16)28-30-20(22,23)24/h6-10,13H,11H2,1-5H3,(H2,25,26,27,28). The molecule has 1 aliphatic rings. The van der Waals surface area contributed by atoms with Crippen LogP contribution in [0.2, 0.25) is 0 Å². The van der Waals surface area contributed by atoms with Crippen LogP contribution in [-0.4, -0.2) is 45.4 Å². The van der Waals surface area contributed by atoms with Crippen molar-refractivity contribution in [1.82, 2.24) is 14.9 Å². The maximum absolute atomic E-state index is 15.3. The molecule has 6 nitrogen and oxygen atoms in total. The Labute approximate surface area is 172 Å². The van der Waals surface area contributed by atoms with Crippen LogP contribution in [0, 0.1) is 5.82 Å². The summed E-state index contributed by atoms with van der Waals surface area (Å²) in [5, 5.41) is 3.09. The molecule has 164 valence electrons. The van der Waals surface area contributed by atoms with E-state index in [1.165, 1.54) is 0 Å². The van der Waals surface area contributed by atoms with Crippen molar-refractivity contribution in [2.45, 2.75) is 57.6 Å². The molecular weight excluding hydrogens is 402 g/mol. The van der Waals surface area contributed by atoms with Gasteiger partial charge in [-0.25, -0.2) is 14.9 Å². The van der Waals surface area contributed by atoms with Crippen molar-refractivity contribution in [1.29, 1.82) is 0 Å². The highest BCUT2D eigenvalue weighted by molar-refractivity contribution is 5.65. The number of likely N-dealkylation sites (N-methyl/N-ethyl adjacent to an activating group) is 1. The smallest absolute Gasteiger partial charge is 0.363 e. The summed E-state index contributed by atoms with van der Waals surface area (Å²) in [6, 6.07) is 8.12. The molecule has 1 unspecified atom stereocenters. The number of halogens is 4. The lowest BCUT2D eigenvalue weighted by Gasteiger charge is -2.38. The van der Waals surface area contributed by atoms with E-state index in [4.69, 9.17) is 0 Å². The Balaban J connectivity index is 2.01. The van der Waals surface area contributed by atoms with Gasteiger partial charge in [0, 0.05) is 22.7 Å². The van der Waals surface area contributed by atoms with Crippen molar-refractivity contribution in [2.75, 3.05) is 17.8 Å². The Morgan fingerprint density at radius 2 is 1.73 bits per heavy atom. The number of hydrogen-bond acceptors (Lipinski definition) is 6. The molecule has 30 heavy (non-hydrogen) atoms. The van der Waals surface area contributed by atoms with Gasteiger partial charge >= 0.3 is 6.36 Å². The lowest BCUT2D eigenvalue weighted by Crippen LogP contribution is -2.49. The zero-order valence-electron chi connectivity index (χ0n) is 17.4. The molecule has 2 aromatic rings. The van der Waals surface area contributed by atoms with Crippen LogP contribution < -0.4 is 10.8 Å². The Bertz CT molecular complexity index is 902. The minimum absolute atomic E-state index is 0.134. The number of anilines is 2. The Hall–Kier alpha value is -2.46. The average molecular weight is 427 g/mol. The summed E-state index contributed by atoms with van der Waals surface area (Å²) >= 11 is 0. The molecule has 1 fully saturated rings. The number of aromatic nitrogens is 2. The zero-order chi connectivity index (χ0) is 22.3. The number of alkyl halides is 3. The van der Waals surface area contributed by atoms with Gasteiger partial charge in [0.25, 0.3) is 0 Å². The maximum atomic E-state index is 15.3. The molecule has 3 rings (SSSR count). The molecule has 2 heterocycles. The normalized spacial score (nSPS) is 20.9. The highest BCUT2D eigenvalue weighted by Crippen LogP contribution is 2.41. The molecule has 0 saturated carbocycles. The fourth-order valence-electron chi connectivity index (χ4n) is 3.77. The molecule has 1 aromatic carbocycles. The van der Waals surface area contributed by atoms with Gasteiger partial charge in [0.2, 0.25) is 5.95 Å². The predicted octanol–water partition coefficient (Wildman–Crippen LogP) is 4.82. The Kier molecular flexibility index (Phi) is 5.68.